The lowest BCUT2D eigenvalue weighted by atomic mass is 10.1. The van der Waals surface area contributed by atoms with Crippen LogP contribution in [-0.4, -0.2) is 36.4 Å². The molecular formula is C19H28Cl2NO4P. The lowest BCUT2D eigenvalue weighted by Crippen LogP contribution is -2.36. The van der Waals surface area contributed by atoms with E-state index >= 15 is 0 Å². The molecule has 0 bridgehead atoms. The number of unbranched alkanes of at least 4 members (excludes halogenated alkanes) is 5. The highest BCUT2D eigenvalue weighted by Crippen LogP contribution is 2.47. The molecule has 0 saturated heterocycles. The van der Waals surface area contributed by atoms with Crippen molar-refractivity contribution in [1.82, 2.24) is 4.90 Å². The van der Waals surface area contributed by atoms with E-state index in [1.807, 2.05) is 30.3 Å². The van der Waals surface area contributed by atoms with Crippen LogP contribution in [0.25, 0.3) is 0 Å². The number of nitrogens with zero attached hydrogens (tertiary/aromatic N) is 1. The topological polar surface area (TPSA) is 55.8 Å². The molecule has 0 unspecified atom stereocenters. The third-order valence-electron chi connectivity index (χ3n) is 3.82. The number of ether oxygens (including phenoxy) is 2. The number of carbonyl (C=O) groups excluding carboxylic acids is 2. The summed E-state index contributed by atoms with van der Waals surface area (Å²) in [7, 11) is 0. The molecule has 0 aliphatic carbocycles. The van der Waals surface area contributed by atoms with Gasteiger partial charge in [-0.2, -0.15) is 0 Å². The van der Waals surface area contributed by atoms with Gasteiger partial charge in [-0.05, 0) is 12.0 Å². The fourth-order valence-electron chi connectivity index (χ4n) is 2.38. The fourth-order valence-corrected chi connectivity index (χ4v) is 3.63. The molecule has 8 heteroatoms. The summed E-state index contributed by atoms with van der Waals surface area (Å²) < 4.78 is 10.5. The highest BCUT2D eigenvalue weighted by molar-refractivity contribution is 8.03. The van der Waals surface area contributed by atoms with Crippen LogP contribution in [0, 0.1) is 0 Å². The Morgan fingerprint density at radius 1 is 1.00 bits per heavy atom. The van der Waals surface area contributed by atoms with Crippen LogP contribution in [0.5, 0.6) is 0 Å². The van der Waals surface area contributed by atoms with Crippen LogP contribution in [-0.2, 0) is 20.9 Å². The van der Waals surface area contributed by atoms with Crippen LogP contribution in [0.3, 0.4) is 0 Å². The van der Waals surface area contributed by atoms with Crippen molar-refractivity contribution in [3.63, 3.8) is 0 Å². The van der Waals surface area contributed by atoms with Crippen LogP contribution in [0.15, 0.2) is 30.3 Å². The van der Waals surface area contributed by atoms with Gasteiger partial charge in [-0.3, -0.25) is 9.69 Å². The summed E-state index contributed by atoms with van der Waals surface area (Å²) in [5.74, 6) is -0.481. The number of carbonyl (C=O) groups is 2. The summed E-state index contributed by atoms with van der Waals surface area (Å²) in [5, 5.41) is 0. The molecule has 0 fully saturated rings. The zero-order valence-corrected chi connectivity index (χ0v) is 18.1. The SMILES string of the molecule is CCCCCCCCOC(=O)CN(CP(Cl)Cl)C(=O)OCc1ccccc1. The Hall–Kier alpha value is -1.03. The van der Waals surface area contributed by atoms with Crippen molar-refractivity contribution in [2.45, 2.75) is 52.1 Å². The number of hydrogen-bond acceptors (Lipinski definition) is 4. The minimum absolute atomic E-state index is 0.0538. The second-order valence-corrected chi connectivity index (χ2v) is 10.0. The van der Waals surface area contributed by atoms with Crippen molar-refractivity contribution in [2.75, 3.05) is 19.4 Å². The Bertz CT molecular complexity index is 546. The van der Waals surface area contributed by atoms with Crippen molar-refractivity contribution in [3.05, 3.63) is 35.9 Å². The molecule has 0 heterocycles. The smallest absolute Gasteiger partial charge is 0.411 e. The van der Waals surface area contributed by atoms with Crippen molar-refractivity contribution in [3.8, 4) is 0 Å². The van der Waals surface area contributed by atoms with Crippen LogP contribution >= 0.6 is 29.1 Å². The van der Waals surface area contributed by atoms with Gasteiger partial charge >= 0.3 is 12.1 Å². The van der Waals surface area contributed by atoms with Crippen molar-refractivity contribution in [2.24, 2.45) is 0 Å². The Morgan fingerprint density at radius 2 is 1.67 bits per heavy atom. The van der Waals surface area contributed by atoms with Gasteiger partial charge in [0.25, 0.3) is 0 Å². The first-order valence-electron chi connectivity index (χ1n) is 9.23. The summed E-state index contributed by atoms with van der Waals surface area (Å²) in [6.07, 6.45) is 6.07. The maximum absolute atomic E-state index is 12.3. The van der Waals surface area contributed by atoms with E-state index in [4.69, 9.17) is 32.0 Å². The standard InChI is InChI=1S/C19H28Cl2NO4P/c1-2-3-4-5-6-10-13-25-18(23)14-22(16-27(20)21)19(24)26-15-17-11-8-7-9-12-17/h7-9,11-12H,2-6,10,13-16H2,1H3. The molecule has 5 nitrogen and oxygen atoms in total. The molecule has 1 aromatic rings. The van der Waals surface area contributed by atoms with Gasteiger partial charge in [0.2, 0.25) is 0 Å². The van der Waals surface area contributed by atoms with Crippen LogP contribution < -0.4 is 0 Å². The molecule has 0 aliphatic heterocycles. The summed E-state index contributed by atoms with van der Waals surface area (Å²) in [6.45, 7) is 0.993. The van der Waals surface area contributed by atoms with E-state index in [0.29, 0.717) is 6.61 Å². The Balaban J connectivity index is 2.34. The third-order valence-corrected chi connectivity index (χ3v) is 5.02. The minimum Gasteiger partial charge on any atom is -0.464 e. The molecule has 27 heavy (non-hydrogen) atoms. The lowest BCUT2D eigenvalue weighted by Gasteiger charge is -2.21. The molecule has 0 N–H and O–H groups in total. The van der Waals surface area contributed by atoms with E-state index in [9.17, 15) is 9.59 Å². The molecule has 0 saturated carbocycles. The van der Waals surface area contributed by atoms with Gasteiger partial charge in [0, 0.05) is 0 Å². The van der Waals surface area contributed by atoms with Crippen molar-refractivity contribution in [1.29, 1.82) is 0 Å². The Labute approximate surface area is 172 Å². The maximum Gasteiger partial charge on any atom is 0.411 e. The predicted molar refractivity (Wildman–Crippen MR) is 111 cm³/mol. The van der Waals surface area contributed by atoms with E-state index in [-0.39, 0.29) is 19.4 Å². The molecule has 1 rings (SSSR count). The normalized spacial score (nSPS) is 10.7. The first-order valence-corrected chi connectivity index (χ1v) is 12.6. The number of rotatable bonds is 13. The largest absolute Gasteiger partial charge is 0.464 e. The van der Waals surface area contributed by atoms with E-state index in [2.05, 4.69) is 6.92 Å². The average molecular weight is 436 g/mol. The van der Waals surface area contributed by atoms with Crippen molar-refractivity contribution >= 4 is 41.2 Å². The van der Waals surface area contributed by atoms with Gasteiger partial charge in [-0.1, -0.05) is 91.8 Å². The second kappa shape index (κ2) is 15.0. The van der Waals surface area contributed by atoms with E-state index < -0.39 is 18.7 Å². The molecule has 0 spiro atoms. The molecule has 0 aliphatic rings. The zero-order valence-electron chi connectivity index (χ0n) is 15.7. The van der Waals surface area contributed by atoms with E-state index in [0.717, 1.165) is 24.8 Å². The van der Waals surface area contributed by atoms with Gasteiger partial charge in [0.05, 0.1) is 12.9 Å². The number of hydrogen-bond donors (Lipinski definition) is 0. The second-order valence-electron chi connectivity index (χ2n) is 6.17. The summed E-state index contributed by atoms with van der Waals surface area (Å²) in [6, 6.07) is 9.30. The Morgan fingerprint density at radius 3 is 2.33 bits per heavy atom. The monoisotopic (exact) mass is 435 g/mol. The van der Waals surface area contributed by atoms with Crippen LogP contribution in [0.4, 0.5) is 4.79 Å². The highest BCUT2D eigenvalue weighted by Gasteiger charge is 2.22. The molecule has 1 amide bonds. The highest BCUT2D eigenvalue weighted by atomic mass is 35.9. The van der Waals surface area contributed by atoms with Gasteiger partial charge in [0.15, 0.2) is 0 Å². The predicted octanol–water partition coefficient (Wildman–Crippen LogP) is 6.28. The molecule has 1 aromatic carbocycles. The Kier molecular flexibility index (Phi) is 13.3. The maximum atomic E-state index is 12.3. The number of halogens is 2. The fraction of sp³-hybridized carbons (Fsp3) is 0.579. The van der Waals surface area contributed by atoms with Crippen molar-refractivity contribution < 1.29 is 19.1 Å². The molecule has 0 atom stereocenters. The first-order chi connectivity index (χ1) is 13.0. The third kappa shape index (κ3) is 12.1. The van der Waals surface area contributed by atoms with Gasteiger partial charge < -0.3 is 9.47 Å². The van der Waals surface area contributed by atoms with Crippen LogP contribution in [0.1, 0.15) is 51.0 Å². The summed E-state index contributed by atoms with van der Waals surface area (Å²) >= 11 is 11.7. The molecule has 0 aromatic heterocycles. The van der Waals surface area contributed by atoms with Gasteiger partial charge in [-0.25, -0.2) is 4.79 Å². The lowest BCUT2D eigenvalue weighted by molar-refractivity contribution is -0.144. The molecular weight excluding hydrogens is 408 g/mol. The zero-order chi connectivity index (χ0) is 19.9. The van der Waals surface area contributed by atoms with Crippen LogP contribution in [0.2, 0.25) is 0 Å². The van der Waals surface area contributed by atoms with Gasteiger partial charge in [0.1, 0.15) is 19.8 Å². The minimum atomic E-state index is -1.43. The molecule has 0 radical (unpaired) electrons. The van der Waals surface area contributed by atoms with E-state index in [1.165, 1.54) is 24.2 Å². The number of amides is 1. The first kappa shape index (κ1) is 24.0. The summed E-state index contributed by atoms with van der Waals surface area (Å²) in [5.41, 5.74) is 0.857. The number of esters is 1. The quantitative estimate of drug-likeness (QED) is 0.208. The van der Waals surface area contributed by atoms with E-state index in [1.54, 1.807) is 0 Å². The molecule has 152 valence electrons. The van der Waals surface area contributed by atoms with Gasteiger partial charge in [-0.15, -0.1) is 0 Å². The average Bonchev–Trinajstić information content (AvgIpc) is 2.65. The summed E-state index contributed by atoms with van der Waals surface area (Å²) in [4.78, 5) is 25.4. The number of benzene rings is 1.